The number of carbonyl (C=O) groups is 2. The van der Waals surface area contributed by atoms with Gasteiger partial charge in [-0.25, -0.2) is 9.78 Å². The molecule has 3 aromatic heterocycles. The van der Waals surface area contributed by atoms with Gasteiger partial charge in [-0.15, -0.1) is 0 Å². The first-order chi connectivity index (χ1) is 16.4. The second-order valence-electron chi connectivity index (χ2n) is 8.64. The zero-order chi connectivity index (χ0) is 23.8. The van der Waals surface area contributed by atoms with Crippen molar-refractivity contribution in [1.29, 1.82) is 0 Å². The first-order valence-corrected chi connectivity index (χ1v) is 11.3. The van der Waals surface area contributed by atoms with Crippen molar-refractivity contribution in [2.45, 2.75) is 38.8 Å². The highest BCUT2D eigenvalue weighted by Gasteiger charge is 2.35. The number of amides is 1. The number of hydrogen-bond donors (Lipinski definition) is 0. The molecule has 0 radical (unpaired) electrons. The van der Waals surface area contributed by atoms with E-state index in [0.29, 0.717) is 54.0 Å². The molecule has 5 rings (SSSR count). The van der Waals surface area contributed by atoms with E-state index in [4.69, 9.17) is 9.47 Å². The predicted octanol–water partition coefficient (Wildman–Crippen LogP) is 1.95. The van der Waals surface area contributed by atoms with Gasteiger partial charge in [-0.3, -0.25) is 18.6 Å². The minimum absolute atomic E-state index is 0.171. The highest BCUT2D eigenvalue weighted by Crippen LogP contribution is 2.30. The quantitative estimate of drug-likeness (QED) is 0.468. The Kier molecular flexibility index (Phi) is 5.72. The van der Waals surface area contributed by atoms with E-state index in [1.54, 1.807) is 48.5 Å². The highest BCUT2D eigenvalue weighted by atomic mass is 16.5. The molecule has 0 bridgehead atoms. The molecule has 0 spiro atoms. The van der Waals surface area contributed by atoms with Crippen LogP contribution in [-0.4, -0.2) is 52.2 Å². The number of fused-ring (bicyclic) bond motifs is 1. The molecule has 1 saturated carbocycles. The van der Waals surface area contributed by atoms with Gasteiger partial charge in [0.2, 0.25) is 5.88 Å². The van der Waals surface area contributed by atoms with Crippen LogP contribution < -0.4 is 20.1 Å². The van der Waals surface area contributed by atoms with E-state index in [0.717, 1.165) is 0 Å². The molecule has 1 atom stereocenters. The maximum atomic E-state index is 13.0. The first-order valence-electron chi connectivity index (χ1n) is 11.3. The Morgan fingerprint density at radius 2 is 1.97 bits per heavy atom. The predicted molar refractivity (Wildman–Crippen MR) is 122 cm³/mol. The molecule has 4 heterocycles. The molecule has 178 valence electrons. The zero-order valence-electron chi connectivity index (χ0n) is 19.1. The third kappa shape index (κ3) is 4.23. The fourth-order valence-corrected chi connectivity index (χ4v) is 4.09. The molecule has 1 aliphatic heterocycles. The SMILES string of the molecule is COC(=O)Cn1c(C)c2ccc(N3CC[C@@H](Oc4ccc(OCC5CC5)nc4)C3=O)cn2c1=O. The van der Waals surface area contributed by atoms with Gasteiger partial charge in [0.25, 0.3) is 5.91 Å². The molecule has 10 heteroatoms. The van der Waals surface area contributed by atoms with Crippen molar-refractivity contribution in [1.82, 2.24) is 14.0 Å². The molecule has 2 fully saturated rings. The normalized spacial score (nSPS) is 17.9. The Morgan fingerprint density at radius 3 is 2.68 bits per heavy atom. The number of ether oxygens (including phenoxy) is 3. The molecule has 1 saturated heterocycles. The van der Waals surface area contributed by atoms with Gasteiger partial charge in [-0.1, -0.05) is 0 Å². The van der Waals surface area contributed by atoms with Crippen molar-refractivity contribution in [3.63, 3.8) is 0 Å². The summed E-state index contributed by atoms with van der Waals surface area (Å²) in [4.78, 5) is 43.4. The van der Waals surface area contributed by atoms with E-state index in [1.165, 1.54) is 28.9 Å². The van der Waals surface area contributed by atoms with Crippen LogP contribution in [0.4, 0.5) is 5.69 Å². The number of imidazole rings is 1. The zero-order valence-corrected chi connectivity index (χ0v) is 19.1. The Labute approximate surface area is 195 Å². The van der Waals surface area contributed by atoms with Crippen molar-refractivity contribution in [3.05, 3.63) is 52.8 Å². The summed E-state index contributed by atoms with van der Waals surface area (Å²) >= 11 is 0. The number of hydrogen-bond acceptors (Lipinski definition) is 7. The summed E-state index contributed by atoms with van der Waals surface area (Å²) in [6.07, 6.45) is 5.47. The van der Waals surface area contributed by atoms with Crippen LogP contribution in [-0.2, 0) is 20.9 Å². The van der Waals surface area contributed by atoms with Gasteiger partial charge in [0.15, 0.2) is 6.10 Å². The minimum Gasteiger partial charge on any atom is -0.479 e. The Morgan fingerprint density at radius 1 is 1.15 bits per heavy atom. The van der Waals surface area contributed by atoms with Crippen LogP contribution in [0, 0.1) is 12.8 Å². The molecule has 0 aromatic carbocycles. The minimum atomic E-state index is -0.641. The van der Waals surface area contributed by atoms with Gasteiger partial charge in [0.1, 0.15) is 12.3 Å². The van der Waals surface area contributed by atoms with Gasteiger partial charge in [-0.2, -0.15) is 0 Å². The standard InChI is InChI=1S/C24H26N4O6/c1-15-19-7-5-17(12-28(19)24(31)27(15)13-22(29)32-2)26-10-9-20(23(26)30)34-18-6-8-21(25-11-18)33-14-16-3-4-16/h5-8,11-12,16,20H,3-4,9-10,13-14H2,1-2H3/t20-/m1/s1. The number of aromatic nitrogens is 3. The summed E-state index contributed by atoms with van der Waals surface area (Å²) < 4.78 is 19.0. The summed E-state index contributed by atoms with van der Waals surface area (Å²) in [5, 5.41) is 0. The fourth-order valence-electron chi connectivity index (χ4n) is 4.09. The third-order valence-corrected chi connectivity index (χ3v) is 6.28. The van der Waals surface area contributed by atoms with Crippen LogP contribution in [0.15, 0.2) is 41.5 Å². The molecule has 10 nitrogen and oxygen atoms in total. The largest absolute Gasteiger partial charge is 0.479 e. The maximum Gasteiger partial charge on any atom is 0.333 e. The number of pyridine rings is 2. The topological polar surface area (TPSA) is 104 Å². The molecule has 2 aliphatic rings. The Balaban J connectivity index is 1.29. The molecule has 0 N–H and O–H groups in total. The van der Waals surface area contributed by atoms with Gasteiger partial charge >= 0.3 is 11.7 Å². The molecular weight excluding hydrogens is 440 g/mol. The number of aryl methyl sites for hydroxylation is 1. The lowest BCUT2D eigenvalue weighted by Crippen LogP contribution is -2.32. The van der Waals surface area contributed by atoms with Crippen molar-refractivity contribution in [2.75, 3.05) is 25.2 Å². The average Bonchev–Trinajstić information content (AvgIpc) is 3.58. The molecule has 34 heavy (non-hydrogen) atoms. The van der Waals surface area contributed by atoms with Crippen LogP contribution in [0.3, 0.4) is 0 Å². The van der Waals surface area contributed by atoms with Crippen molar-refractivity contribution in [3.8, 4) is 11.6 Å². The van der Waals surface area contributed by atoms with E-state index in [2.05, 4.69) is 9.72 Å². The Hall–Kier alpha value is -3.82. The van der Waals surface area contributed by atoms with Crippen LogP contribution >= 0.6 is 0 Å². The van der Waals surface area contributed by atoms with E-state index < -0.39 is 12.1 Å². The number of esters is 1. The molecule has 3 aromatic rings. The van der Waals surface area contributed by atoms with Crippen LogP contribution in [0.25, 0.3) is 5.52 Å². The number of anilines is 1. The first kappa shape index (κ1) is 22.0. The summed E-state index contributed by atoms with van der Waals surface area (Å²) in [6, 6.07) is 7.06. The molecule has 1 amide bonds. The number of rotatable bonds is 8. The van der Waals surface area contributed by atoms with Crippen molar-refractivity contribution in [2.24, 2.45) is 5.92 Å². The van der Waals surface area contributed by atoms with Gasteiger partial charge in [0, 0.05) is 30.9 Å². The van der Waals surface area contributed by atoms with E-state index in [9.17, 15) is 14.4 Å². The van der Waals surface area contributed by atoms with E-state index in [-0.39, 0.29) is 18.1 Å². The second-order valence-corrected chi connectivity index (χ2v) is 8.64. The summed E-state index contributed by atoms with van der Waals surface area (Å²) in [5.41, 5.74) is 1.53. The van der Waals surface area contributed by atoms with Crippen molar-refractivity contribution < 1.29 is 23.8 Å². The van der Waals surface area contributed by atoms with Gasteiger partial charge in [-0.05, 0) is 43.9 Å². The van der Waals surface area contributed by atoms with Crippen LogP contribution in [0.5, 0.6) is 11.6 Å². The maximum absolute atomic E-state index is 13.0. The number of carbonyl (C=O) groups excluding carboxylic acids is 2. The Bertz CT molecular complexity index is 1290. The average molecular weight is 466 g/mol. The monoisotopic (exact) mass is 466 g/mol. The lowest BCUT2D eigenvalue weighted by atomic mass is 10.3. The fraction of sp³-hybridized carbons (Fsp3) is 0.417. The summed E-state index contributed by atoms with van der Waals surface area (Å²) in [6.45, 7) is 2.74. The summed E-state index contributed by atoms with van der Waals surface area (Å²) in [7, 11) is 1.28. The molecule has 1 aliphatic carbocycles. The smallest absolute Gasteiger partial charge is 0.333 e. The molecule has 0 unspecified atom stereocenters. The van der Waals surface area contributed by atoms with E-state index in [1.807, 2.05) is 0 Å². The van der Waals surface area contributed by atoms with Gasteiger partial charge < -0.3 is 19.1 Å². The van der Waals surface area contributed by atoms with Crippen LogP contribution in [0.1, 0.15) is 25.0 Å². The van der Waals surface area contributed by atoms with E-state index >= 15 is 0 Å². The number of nitrogens with zero attached hydrogens (tertiary/aromatic N) is 4. The summed E-state index contributed by atoms with van der Waals surface area (Å²) in [5.74, 6) is 0.999. The second kappa shape index (κ2) is 8.85. The highest BCUT2D eigenvalue weighted by molar-refractivity contribution is 5.99. The lowest BCUT2D eigenvalue weighted by Gasteiger charge is -2.17. The lowest BCUT2D eigenvalue weighted by molar-refractivity contribution is -0.141. The molecular formula is C24H26N4O6. The third-order valence-electron chi connectivity index (χ3n) is 6.28. The van der Waals surface area contributed by atoms with Crippen molar-refractivity contribution >= 4 is 23.1 Å². The van der Waals surface area contributed by atoms with Crippen LogP contribution in [0.2, 0.25) is 0 Å². The van der Waals surface area contributed by atoms with Gasteiger partial charge in [0.05, 0.1) is 31.1 Å². The number of methoxy groups -OCH3 is 1.